The molecule has 7 heteroatoms. The van der Waals surface area contributed by atoms with Gasteiger partial charge in [-0.1, -0.05) is 0 Å². The van der Waals surface area contributed by atoms with Crippen LogP contribution in [0.5, 0.6) is 0 Å². The Morgan fingerprint density at radius 2 is 1.95 bits per heavy atom. The zero-order chi connectivity index (χ0) is 15.7. The third-order valence-corrected chi connectivity index (χ3v) is 4.45. The van der Waals surface area contributed by atoms with Crippen LogP contribution in [0, 0.1) is 20.8 Å². The molecule has 2 rings (SSSR count). The van der Waals surface area contributed by atoms with E-state index in [4.69, 9.17) is 0 Å². The van der Waals surface area contributed by atoms with Crippen molar-refractivity contribution in [1.29, 1.82) is 0 Å². The first-order valence-electron chi connectivity index (χ1n) is 6.67. The summed E-state index contributed by atoms with van der Waals surface area (Å²) >= 11 is 1.24. The lowest BCUT2D eigenvalue weighted by Gasteiger charge is -2.07. The van der Waals surface area contributed by atoms with E-state index in [0.29, 0.717) is 27.7 Å². The number of amides is 1. The Kier molecular flexibility index (Phi) is 4.22. The molecule has 2 heterocycles. The molecule has 0 aliphatic carbocycles. The van der Waals surface area contributed by atoms with Crippen LogP contribution in [0.3, 0.4) is 0 Å². The van der Waals surface area contributed by atoms with E-state index in [2.05, 4.69) is 15.4 Å². The van der Waals surface area contributed by atoms with E-state index in [1.807, 2.05) is 20.8 Å². The minimum absolute atomic E-state index is 0.154. The Bertz CT molecular complexity index is 761. The standard InChI is InChI=1S/C14H18N4O2S/c1-6-15-12(19)11-9(4)16-13(21-11)10-7(2)8(3)17-18(5)14(10)20/h6H2,1-5H3,(H,15,19). The van der Waals surface area contributed by atoms with Crippen molar-refractivity contribution in [1.82, 2.24) is 20.1 Å². The molecule has 0 spiro atoms. The molecule has 6 nitrogen and oxygen atoms in total. The lowest BCUT2D eigenvalue weighted by Crippen LogP contribution is -2.23. The summed E-state index contributed by atoms with van der Waals surface area (Å²) in [6.45, 7) is 7.89. The summed E-state index contributed by atoms with van der Waals surface area (Å²) in [5.41, 5.74) is 2.54. The molecule has 1 N–H and O–H groups in total. The number of nitrogens with zero attached hydrogens (tertiary/aromatic N) is 3. The molecule has 0 fully saturated rings. The summed E-state index contributed by atoms with van der Waals surface area (Å²) in [7, 11) is 1.61. The molecular weight excluding hydrogens is 288 g/mol. The quantitative estimate of drug-likeness (QED) is 0.934. The zero-order valence-corrected chi connectivity index (χ0v) is 13.6. The van der Waals surface area contributed by atoms with Crippen LogP contribution in [0.4, 0.5) is 0 Å². The Balaban J connectivity index is 2.62. The highest BCUT2D eigenvalue weighted by molar-refractivity contribution is 7.17. The zero-order valence-electron chi connectivity index (χ0n) is 12.8. The molecule has 0 aromatic carbocycles. The average molecular weight is 306 g/mol. The summed E-state index contributed by atoms with van der Waals surface area (Å²) in [4.78, 5) is 29.3. The van der Waals surface area contributed by atoms with Gasteiger partial charge >= 0.3 is 0 Å². The minimum atomic E-state index is -0.200. The van der Waals surface area contributed by atoms with Crippen molar-refractivity contribution in [2.75, 3.05) is 6.54 Å². The van der Waals surface area contributed by atoms with Gasteiger partial charge in [0.2, 0.25) is 0 Å². The maximum absolute atomic E-state index is 12.3. The van der Waals surface area contributed by atoms with Crippen LogP contribution in [0.25, 0.3) is 10.6 Å². The van der Waals surface area contributed by atoms with Gasteiger partial charge in [-0.3, -0.25) is 9.59 Å². The van der Waals surface area contributed by atoms with Crippen LogP contribution in [0.2, 0.25) is 0 Å². The van der Waals surface area contributed by atoms with Crippen molar-refractivity contribution in [3.63, 3.8) is 0 Å². The second-order valence-electron chi connectivity index (χ2n) is 4.81. The van der Waals surface area contributed by atoms with Crippen molar-refractivity contribution >= 4 is 17.2 Å². The SMILES string of the molecule is CCNC(=O)c1sc(-c2c(C)c(C)nn(C)c2=O)nc1C. The molecule has 2 aromatic rings. The lowest BCUT2D eigenvalue weighted by molar-refractivity contribution is 0.0959. The molecule has 21 heavy (non-hydrogen) atoms. The maximum atomic E-state index is 12.3. The summed E-state index contributed by atoms with van der Waals surface area (Å²) in [6.07, 6.45) is 0. The Labute approximate surface area is 126 Å². The summed E-state index contributed by atoms with van der Waals surface area (Å²) in [6, 6.07) is 0. The molecule has 112 valence electrons. The highest BCUT2D eigenvalue weighted by Gasteiger charge is 2.20. The van der Waals surface area contributed by atoms with Crippen LogP contribution in [-0.4, -0.2) is 27.2 Å². The van der Waals surface area contributed by atoms with Gasteiger partial charge in [0, 0.05) is 13.6 Å². The van der Waals surface area contributed by atoms with Crippen LogP contribution < -0.4 is 10.9 Å². The summed E-state index contributed by atoms with van der Waals surface area (Å²) in [5, 5.41) is 7.48. The van der Waals surface area contributed by atoms with Crippen molar-refractivity contribution in [2.24, 2.45) is 7.05 Å². The normalized spacial score (nSPS) is 10.7. The predicted octanol–water partition coefficient (Wildman–Crippen LogP) is 1.58. The Hall–Kier alpha value is -2.02. The summed E-state index contributed by atoms with van der Waals surface area (Å²) < 4.78 is 1.31. The first-order chi connectivity index (χ1) is 9.86. The molecular formula is C14H18N4O2S. The smallest absolute Gasteiger partial charge is 0.277 e. The fourth-order valence-electron chi connectivity index (χ4n) is 2.06. The molecule has 0 saturated carbocycles. The number of carbonyl (C=O) groups is 1. The number of rotatable bonds is 3. The number of nitrogens with one attached hydrogen (secondary N) is 1. The maximum Gasteiger partial charge on any atom is 0.277 e. The molecule has 0 unspecified atom stereocenters. The molecule has 1 amide bonds. The van der Waals surface area contributed by atoms with Crippen molar-refractivity contribution in [3.8, 4) is 10.6 Å². The second-order valence-corrected chi connectivity index (χ2v) is 5.81. The molecule has 0 aliphatic rings. The average Bonchev–Trinajstić information content (AvgIpc) is 2.79. The van der Waals surface area contributed by atoms with Crippen LogP contribution in [-0.2, 0) is 7.05 Å². The fourth-order valence-corrected chi connectivity index (χ4v) is 3.13. The van der Waals surface area contributed by atoms with Gasteiger partial charge in [0.05, 0.1) is 17.0 Å². The van der Waals surface area contributed by atoms with Crippen molar-refractivity contribution in [2.45, 2.75) is 27.7 Å². The van der Waals surface area contributed by atoms with Gasteiger partial charge in [0.25, 0.3) is 11.5 Å². The molecule has 0 bridgehead atoms. The number of aromatic nitrogens is 3. The van der Waals surface area contributed by atoms with Crippen molar-refractivity contribution in [3.05, 3.63) is 32.2 Å². The van der Waals surface area contributed by atoms with Gasteiger partial charge in [-0.05, 0) is 33.3 Å². The monoisotopic (exact) mass is 306 g/mol. The van der Waals surface area contributed by atoms with Gasteiger partial charge in [0.1, 0.15) is 9.88 Å². The number of hydrogen-bond acceptors (Lipinski definition) is 5. The number of carbonyl (C=O) groups excluding carboxylic acids is 1. The molecule has 0 atom stereocenters. The molecule has 0 saturated heterocycles. The van der Waals surface area contributed by atoms with Gasteiger partial charge in [-0.2, -0.15) is 5.10 Å². The lowest BCUT2D eigenvalue weighted by atomic mass is 10.1. The first-order valence-corrected chi connectivity index (χ1v) is 7.49. The molecule has 2 aromatic heterocycles. The Morgan fingerprint density at radius 3 is 2.57 bits per heavy atom. The fraction of sp³-hybridized carbons (Fsp3) is 0.429. The largest absolute Gasteiger partial charge is 0.352 e. The van der Waals surface area contributed by atoms with E-state index in [0.717, 1.165) is 11.3 Å². The van der Waals surface area contributed by atoms with Crippen LogP contribution >= 0.6 is 11.3 Å². The van der Waals surface area contributed by atoms with Gasteiger partial charge < -0.3 is 5.32 Å². The van der Waals surface area contributed by atoms with Gasteiger partial charge in [0.15, 0.2) is 0 Å². The van der Waals surface area contributed by atoms with Gasteiger partial charge in [-0.25, -0.2) is 9.67 Å². The van der Waals surface area contributed by atoms with E-state index in [9.17, 15) is 9.59 Å². The van der Waals surface area contributed by atoms with E-state index in [1.165, 1.54) is 16.0 Å². The third kappa shape index (κ3) is 2.73. The third-order valence-electron chi connectivity index (χ3n) is 3.28. The molecule has 0 aliphatic heterocycles. The van der Waals surface area contributed by atoms with Crippen LogP contribution in [0.1, 0.15) is 33.5 Å². The number of aryl methyl sites for hydroxylation is 3. The van der Waals surface area contributed by atoms with E-state index in [1.54, 1.807) is 14.0 Å². The number of hydrogen-bond donors (Lipinski definition) is 1. The highest BCUT2D eigenvalue weighted by Crippen LogP contribution is 2.28. The van der Waals surface area contributed by atoms with Crippen LogP contribution in [0.15, 0.2) is 4.79 Å². The van der Waals surface area contributed by atoms with E-state index < -0.39 is 0 Å². The van der Waals surface area contributed by atoms with Crippen molar-refractivity contribution < 1.29 is 4.79 Å². The van der Waals surface area contributed by atoms with E-state index in [-0.39, 0.29) is 11.5 Å². The topological polar surface area (TPSA) is 76.9 Å². The molecule has 0 radical (unpaired) electrons. The first kappa shape index (κ1) is 15.4. The highest BCUT2D eigenvalue weighted by atomic mass is 32.1. The predicted molar refractivity (Wildman–Crippen MR) is 82.8 cm³/mol. The number of thiazole rings is 1. The summed E-state index contributed by atoms with van der Waals surface area (Å²) in [5.74, 6) is -0.154. The van der Waals surface area contributed by atoms with E-state index >= 15 is 0 Å². The minimum Gasteiger partial charge on any atom is -0.352 e. The Morgan fingerprint density at radius 1 is 1.29 bits per heavy atom. The second kappa shape index (κ2) is 5.77. The van der Waals surface area contributed by atoms with Gasteiger partial charge in [-0.15, -0.1) is 11.3 Å².